The highest BCUT2D eigenvalue weighted by molar-refractivity contribution is 6.11. The van der Waals surface area contributed by atoms with Crippen molar-refractivity contribution in [3.63, 3.8) is 0 Å². The van der Waals surface area contributed by atoms with Crippen LogP contribution in [0.25, 0.3) is 88.9 Å². The highest BCUT2D eigenvalue weighted by Gasteiger charge is 2.19. The number of aromatic nitrogens is 2. The SMILES string of the molecule is c1ccc(-c2cc(-c3ccccc3)cc(-c3ccc(-c4nc(-c5ccccc5)c5oc6cc7ccccc7cc6c5n4)cc3)c2)cc1. The molecule has 9 rings (SSSR count). The monoisotopic (exact) mass is 600 g/mol. The maximum Gasteiger partial charge on any atom is 0.180 e. The highest BCUT2D eigenvalue weighted by atomic mass is 16.3. The van der Waals surface area contributed by atoms with Crippen LogP contribution >= 0.6 is 0 Å². The molecule has 0 radical (unpaired) electrons. The lowest BCUT2D eigenvalue weighted by atomic mass is 9.93. The molecule has 0 N–H and O–H groups in total. The first kappa shape index (κ1) is 27.0. The Kier molecular flexibility index (Phi) is 6.46. The first-order valence-electron chi connectivity index (χ1n) is 15.8. The van der Waals surface area contributed by atoms with Gasteiger partial charge in [-0.05, 0) is 74.5 Å². The van der Waals surface area contributed by atoms with Gasteiger partial charge in [0.1, 0.15) is 16.8 Å². The molecule has 0 unspecified atom stereocenters. The first-order valence-corrected chi connectivity index (χ1v) is 15.8. The Morgan fingerprint density at radius 2 is 0.830 bits per heavy atom. The third-order valence-corrected chi connectivity index (χ3v) is 8.85. The summed E-state index contributed by atoms with van der Waals surface area (Å²) in [5, 5.41) is 3.28. The molecule has 0 saturated carbocycles. The molecule has 9 aromatic rings. The second-order valence-electron chi connectivity index (χ2n) is 11.8. The zero-order valence-corrected chi connectivity index (χ0v) is 25.5. The Morgan fingerprint density at radius 1 is 0.362 bits per heavy atom. The van der Waals surface area contributed by atoms with E-state index in [9.17, 15) is 0 Å². The van der Waals surface area contributed by atoms with Crippen molar-refractivity contribution in [1.82, 2.24) is 9.97 Å². The minimum Gasteiger partial charge on any atom is -0.452 e. The molecule has 2 heterocycles. The fourth-order valence-corrected chi connectivity index (χ4v) is 6.45. The van der Waals surface area contributed by atoms with E-state index in [-0.39, 0.29) is 0 Å². The van der Waals surface area contributed by atoms with Gasteiger partial charge in [-0.3, -0.25) is 0 Å². The van der Waals surface area contributed by atoms with Gasteiger partial charge in [-0.15, -0.1) is 0 Å². The number of benzene rings is 7. The average Bonchev–Trinajstić information content (AvgIpc) is 3.51. The van der Waals surface area contributed by atoms with Gasteiger partial charge in [0.2, 0.25) is 0 Å². The van der Waals surface area contributed by atoms with E-state index in [0.29, 0.717) is 11.4 Å². The molecular weight excluding hydrogens is 572 g/mol. The van der Waals surface area contributed by atoms with Gasteiger partial charge in [0.05, 0.1) is 0 Å². The standard InChI is InChI=1S/C44H28N2O/c1-4-12-29(13-5-1)36-24-37(30-14-6-2-7-15-30)26-38(25-36)31-20-22-33(23-21-31)44-45-41(32-16-8-3-9-17-32)43-42(46-44)39-27-34-18-10-11-19-35(34)28-40(39)47-43/h1-28H. The van der Waals surface area contributed by atoms with Crippen LogP contribution in [0.2, 0.25) is 0 Å². The summed E-state index contributed by atoms with van der Waals surface area (Å²) >= 11 is 0. The van der Waals surface area contributed by atoms with E-state index < -0.39 is 0 Å². The molecule has 220 valence electrons. The van der Waals surface area contributed by atoms with E-state index in [2.05, 4.69) is 146 Å². The Balaban J connectivity index is 1.19. The summed E-state index contributed by atoms with van der Waals surface area (Å²) in [4.78, 5) is 10.2. The number of fused-ring (bicyclic) bond motifs is 4. The van der Waals surface area contributed by atoms with Crippen LogP contribution in [0, 0.1) is 0 Å². The number of rotatable bonds is 5. The second kappa shape index (κ2) is 11.2. The second-order valence-corrected chi connectivity index (χ2v) is 11.8. The van der Waals surface area contributed by atoms with Crippen molar-refractivity contribution in [1.29, 1.82) is 0 Å². The van der Waals surface area contributed by atoms with Crippen LogP contribution in [0.15, 0.2) is 174 Å². The Morgan fingerprint density at radius 3 is 1.40 bits per heavy atom. The number of furan rings is 1. The number of hydrogen-bond donors (Lipinski definition) is 0. The molecular formula is C44H28N2O. The minimum absolute atomic E-state index is 0.668. The van der Waals surface area contributed by atoms with Crippen LogP contribution in [-0.2, 0) is 0 Å². The smallest absolute Gasteiger partial charge is 0.180 e. The zero-order valence-electron chi connectivity index (χ0n) is 25.5. The molecule has 0 fully saturated rings. The highest BCUT2D eigenvalue weighted by Crippen LogP contribution is 2.38. The lowest BCUT2D eigenvalue weighted by molar-refractivity contribution is 0.668. The van der Waals surface area contributed by atoms with Gasteiger partial charge in [0, 0.05) is 16.5 Å². The van der Waals surface area contributed by atoms with Crippen LogP contribution in [0.3, 0.4) is 0 Å². The van der Waals surface area contributed by atoms with Crippen molar-refractivity contribution >= 4 is 32.8 Å². The number of nitrogens with zero attached hydrogens (tertiary/aromatic N) is 2. The van der Waals surface area contributed by atoms with Crippen LogP contribution in [0.1, 0.15) is 0 Å². The van der Waals surface area contributed by atoms with Crippen molar-refractivity contribution in [2.45, 2.75) is 0 Å². The molecule has 0 atom stereocenters. The van der Waals surface area contributed by atoms with E-state index in [0.717, 1.165) is 55.2 Å². The average molecular weight is 601 g/mol. The van der Waals surface area contributed by atoms with Crippen molar-refractivity contribution < 1.29 is 4.42 Å². The van der Waals surface area contributed by atoms with Crippen LogP contribution in [-0.4, -0.2) is 9.97 Å². The Hall–Kier alpha value is -6.32. The minimum atomic E-state index is 0.668. The van der Waals surface area contributed by atoms with Gasteiger partial charge in [-0.25, -0.2) is 9.97 Å². The lowest BCUT2D eigenvalue weighted by Crippen LogP contribution is -1.94. The van der Waals surface area contributed by atoms with Crippen LogP contribution < -0.4 is 0 Å². The van der Waals surface area contributed by atoms with Crippen LogP contribution in [0.5, 0.6) is 0 Å². The summed E-state index contributed by atoms with van der Waals surface area (Å²) in [7, 11) is 0. The van der Waals surface area contributed by atoms with Crippen molar-refractivity contribution in [3.05, 3.63) is 170 Å². The molecule has 0 amide bonds. The Labute approximate surface area is 272 Å². The molecule has 3 nitrogen and oxygen atoms in total. The molecule has 7 aromatic carbocycles. The molecule has 0 aliphatic heterocycles. The van der Waals surface area contributed by atoms with Gasteiger partial charge in [-0.2, -0.15) is 0 Å². The molecule has 0 bridgehead atoms. The maximum absolute atomic E-state index is 6.48. The van der Waals surface area contributed by atoms with E-state index in [1.54, 1.807) is 0 Å². The maximum atomic E-state index is 6.48. The topological polar surface area (TPSA) is 38.9 Å². The number of hydrogen-bond acceptors (Lipinski definition) is 3. The summed E-state index contributed by atoms with van der Waals surface area (Å²) in [6.45, 7) is 0. The summed E-state index contributed by atoms with van der Waals surface area (Å²) in [5.41, 5.74) is 12.1. The quantitative estimate of drug-likeness (QED) is 0.197. The van der Waals surface area contributed by atoms with Crippen molar-refractivity contribution in [3.8, 4) is 56.0 Å². The predicted molar refractivity (Wildman–Crippen MR) is 194 cm³/mol. The molecule has 47 heavy (non-hydrogen) atoms. The van der Waals surface area contributed by atoms with Gasteiger partial charge in [-0.1, -0.05) is 140 Å². The Bertz CT molecular complexity index is 2480. The fourth-order valence-electron chi connectivity index (χ4n) is 6.45. The molecule has 0 saturated heterocycles. The first-order chi connectivity index (χ1) is 23.3. The molecule has 0 aliphatic rings. The summed E-state index contributed by atoms with van der Waals surface area (Å²) in [6, 6.07) is 59.4. The molecule has 0 aliphatic carbocycles. The van der Waals surface area contributed by atoms with E-state index in [1.807, 2.05) is 24.3 Å². The van der Waals surface area contributed by atoms with E-state index in [1.165, 1.54) is 22.3 Å². The van der Waals surface area contributed by atoms with E-state index >= 15 is 0 Å². The van der Waals surface area contributed by atoms with Gasteiger partial charge < -0.3 is 4.42 Å². The van der Waals surface area contributed by atoms with Gasteiger partial charge in [0.15, 0.2) is 11.4 Å². The summed E-state index contributed by atoms with van der Waals surface area (Å²) < 4.78 is 6.48. The van der Waals surface area contributed by atoms with Gasteiger partial charge in [0.25, 0.3) is 0 Å². The third-order valence-electron chi connectivity index (χ3n) is 8.85. The fraction of sp³-hybridized carbons (Fsp3) is 0. The molecule has 0 spiro atoms. The largest absolute Gasteiger partial charge is 0.452 e. The lowest BCUT2D eigenvalue weighted by Gasteiger charge is -2.12. The van der Waals surface area contributed by atoms with Gasteiger partial charge >= 0.3 is 0 Å². The normalized spacial score (nSPS) is 11.4. The van der Waals surface area contributed by atoms with Crippen molar-refractivity contribution in [2.75, 3.05) is 0 Å². The summed E-state index contributed by atoms with van der Waals surface area (Å²) in [5.74, 6) is 0.668. The molecule has 3 heteroatoms. The predicted octanol–water partition coefficient (Wildman–Crippen LogP) is 11.9. The molecule has 2 aromatic heterocycles. The zero-order chi connectivity index (χ0) is 31.2. The summed E-state index contributed by atoms with van der Waals surface area (Å²) in [6.07, 6.45) is 0. The van der Waals surface area contributed by atoms with Crippen LogP contribution in [0.4, 0.5) is 0 Å². The third kappa shape index (κ3) is 4.95. The van der Waals surface area contributed by atoms with Crippen molar-refractivity contribution in [2.24, 2.45) is 0 Å². The van der Waals surface area contributed by atoms with E-state index in [4.69, 9.17) is 14.4 Å².